The molecule has 0 saturated carbocycles. The molecular weight excluding hydrogens is 308 g/mol. The number of likely N-dealkylation sites (tertiary alicyclic amines) is 2. The number of rotatable bonds is 3. The first-order valence-corrected chi connectivity index (χ1v) is 9.76. The molecule has 1 aromatic rings. The molecule has 4 rings (SSSR count). The van der Waals surface area contributed by atoms with E-state index in [1.807, 2.05) is 11.1 Å². The van der Waals surface area contributed by atoms with Gasteiger partial charge < -0.3 is 14.7 Å². The summed E-state index contributed by atoms with van der Waals surface area (Å²) in [5, 5.41) is 3.26. The highest BCUT2D eigenvalue weighted by Crippen LogP contribution is 2.40. The summed E-state index contributed by atoms with van der Waals surface area (Å²) in [7, 11) is 0. The van der Waals surface area contributed by atoms with Gasteiger partial charge in [0.1, 0.15) is 0 Å². The van der Waals surface area contributed by atoms with Crippen LogP contribution in [0.25, 0.3) is 0 Å². The van der Waals surface area contributed by atoms with E-state index in [9.17, 15) is 4.79 Å². The number of piperidine rings is 1. The Morgan fingerprint density at radius 3 is 2.87 bits per heavy atom. The van der Waals surface area contributed by atoms with Crippen molar-refractivity contribution >= 4 is 22.4 Å². The largest absolute Gasteiger partial charge is 0.343 e. The quantitative estimate of drug-likeness (QED) is 0.848. The van der Waals surface area contributed by atoms with Crippen molar-refractivity contribution in [2.24, 2.45) is 5.92 Å². The molecule has 5 nitrogen and oxygen atoms in total. The minimum absolute atomic E-state index is 0.229. The Kier molecular flexibility index (Phi) is 4.28. The molecular formula is C17H26N4OS. The molecule has 23 heavy (non-hydrogen) atoms. The molecule has 6 heteroatoms. The predicted octanol–water partition coefficient (Wildman–Crippen LogP) is 2.05. The van der Waals surface area contributed by atoms with Crippen molar-refractivity contribution in [3.05, 3.63) is 11.6 Å². The molecule has 3 saturated heterocycles. The SMILES string of the molecule is CC(=O)N1CC[C@@H]2[C@@H](C[C@H](CN3CCCC3)N2c2nccs2)C1. The predicted molar refractivity (Wildman–Crippen MR) is 92.8 cm³/mol. The first-order valence-electron chi connectivity index (χ1n) is 8.88. The van der Waals surface area contributed by atoms with Crippen LogP contribution < -0.4 is 4.90 Å². The lowest BCUT2D eigenvalue weighted by Crippen LogP contribution is -2.49. The van der Waals surface area contributed by atoms with E-state index in [1.165, 1.54) is 37.5 Å². The Morgan fingerprint density at radius 1 is 1.35 bits per heavy atom. The zero-order valence-corrected chi connectivity index (χ0v) is 14.7. The lowest BCUT2D eigenvalue weighted by Gasteiger charge is -2.38. The molecule has 126 valence electrons. The fourth-order valence-corrected chi connectivity index (χ4v) is 5.48. The molecule has 0 spiro atoms. The maximum Gasteiger partial charge on any atom is 0.219 e. The second-order valence-electron chi connectivity index (χ2n) is 7.20. The summed E-state index contributed by atoms with van der Waals surface area (Å²) in [6.45, 7) is 7.18. The zero-order valence-electron chi connectivity index (χ0n) is 13.9. The van der Waals surface area contributed by atoms with Crippen LogP contribution in [-0.2, 0) is 4.79 Å². The van der Waals surface area contributed by atoms with Gasteiger partial charge in [-0.1, -0.05) is 0 Å². The molecule has 3 atom stereocenters. The van der Waals surface area contributed by atoms with Crippen LogP contribution in [0.1, 0.15) is 32.6 Å². The van der Waals surface area contributed by atoms with Crippen LogP contribution in [0.15, 0.2) is 11.6 Å². The minimum Gasteiger partial charge on any atom is -0.343 e. The van der Waals surface area contributed by atoms with Crippen molar-refractivity contribution in [3.8, 4) is 0 Å². The average Bonchev–Trinajstić information content (AvgIpc) is 3.26. The number of thiazole rings is 1. The lowest BCUT2D eigenvalue weighted by atomic mass is 9.92. The molecule has 1 aromatic heterocycles. The number of anilines is 1. The van der Waals surface area contributed by atoms with E-state index >= 15 is 0 Å². The van der Waals surface area contributed by atoms with Crippen molar-refractivity contribution in [1.82, 2.24) is 14.8 Å². The number of nitrogens with zero attached hydrogens (tertiary/aromatic N) is 4. The Balaban J connectivity index is 1.53. The molecule has 3 aliphatic rings. The molecule has 3 fully saturated rings. The van der Waals surface area contributed by atoms with Crippen LogP contribution >= 0.6 is 11.3 Å². The fourth-order valence-electron chi connectivity index (χ4n) is 4.70. The monoisotopic (exact) mass is 334 g/mol. The summed E-state index contributed by atoms with van der Waals surface area (Å²) in [6.07, 6.45) is 6.89. The second-order valence-corrected chi connectivity index (χ2v) is 8.07. The maximum atomic E-state index is 11.8. The number of carbonyl (C=O) groups excluding carboxylic acids is 1. The van der Waals surface area contributed by atoms with Gasteiger partial charge in [0.25, 0.3) is 0 Å². The highest BCUT2D eigenvalue weighted by molar-refractivity contribution is 7.13. The summed E-state index contributed by atoms with van der Waals surface area (Å²) in [6, 6.07) is 1.12. The van der Waals surface area contributed by atoms with Gasteiger partial charge in [-0.15, -0.1) is 11.3 Å². The van der Waals surface area contributed by atoms with Gasteiger partial charge in [-0.3, -0.25) is 4.79 Å². The first-order chi connectivity index (χ1) is 11.2. The molecule has 4 heterocycles. The van der Waals surface area contributed by atoms with Crippen molar-refractivity contribution in [1.29, 1.82) is 0 Å². The van der Waals surface area contributed by atoms with Gasteiger partial charge in [-0.05, 0) is 44.7 Å². The number of amides is 1. The summed E-state index contributed by atoms with van der Waals surface area (Å²) < 4.78 is 0. The molecule has 0 aromatic carbocycles. The lowest BCUT2D eigenvalue weighted by molar-refractivity contribution is -0.130. The summed E-state index contributed by atoms with van der Waals surface area (Å²) in [4.78, 5) is 23.6. The number of carbonyl (C=O) groups is 1. The normalized spacial score (nSPS) is 31.6. The summed E-state index contributed by atoms with van der Waals surface area (Å²) >= 11 is 1.76. The van der Waals surface area contributed by atoms with E-state index in [-0.39, 0.29) is 5.91 Å². The smallest absolute Gasteiger partial charge is 0.219 e. The van der Waals surface area contributed by atoms with Gasteiger partial charge in [-0.25, -0.2) is 4.98 Å². The van der Waals surface area contributed by atoms with Crippen LogP contribution in [0.3, 0.4) is 0 Å². The Labute approximate surface area is 142 Å². The van der Waals surface area contributed by atoms with Crippen LogP contribution in [0.2, 0.25) is 0 Å². The molecule has 0 aliphatic carbocycles. The number of fused-ring (bicyclic) bond motifs is 1. The summed E-state index contributed by atoms with van der Waals surface area (Å²) in [5.41, 5.74) is 0. The molecule has 0 bridgehead atoms. The van der Waals surface area contributed by atoms with Crippen LogP contribution in [0.4, 0.5) is 5.13 Å². The Morgan fingerprint density at radius 2 is 2.17 bits per heavy atom. The third-order valence-corrected chi connectivity index (χ3v) is 6.56. The third kappa shape index (κ3) is 2.98. The van der Waals surface area contributed by atoms with E-state index in [0.29, 0.717) is 18.0 Å². The number of aromatic nitrogens is 1. The van der Waals surface area contributed by atoms with Gasteiger partial charge in [0.05, 0.1) is 0 Å². The highest BCUT2D eigenvalue weighted by Gasteiger charge is 2.45. The van der Waals surface area contributed by atoms with E-state index in [2.05, 4.69) is 20.2 Å². The third-order valence-electron chi connectivity index (χ3n) is 5.77. The molecule has 0 radical (unpaired) electrons. The highest BCUT2D eigenvalue weighted by atomic mass is 32.1. The topological polar surface area (TPSA) is 39.7 Å². The number of hydrogen-bond acceptors (Lipinski definition) is 5. The second kappa shape index (κ2) is 6.40. The molecule has 3 aliphatic heterocycles. The number of hydrogen-bond donors (Lipinski definition) is 0. The summed E-state index contributed by atoms with van der Waals surface area (Å²) in [5.74, 6) is 0.830. The average molecular weight is 334 g/mol. The van der Waals surface area contributed by atoms with Crippen LogP contribution in [-0.4, -0.2) is 65.5 Å². The van der Waals surface area contributed by atoms with Crippen LogP contribution in [0, 0.1) is 5.92 Å². The molecule has 0 unspecified atom stereocenters. The van der Waals surface area contributed by atoms with Gasteiger partial charge in [0.2, 0.25) is 5.91 Å². The maximum absolute atomic E-state index is 11.8. The van der Waals surface area contributed by atoms with Gasteiger partial charge in [0, 0.05) is 50.2 Å². The van der Waals surface area contributed by atoms with Crippen molar-refractivity contribution in [2.45, 2.75) is 44.7 Å². The van der Waals surface area contributed by atoms with Gasteiger partial charge in [-0.2, -0.15) is 0 Å². The van der Waals surface area contributed by atoms with Crippen LogP contribution in [0.5, 0.6) is 0 Å². The molecule has 0 N–H and O–H groups in total. The van der Waals surface area contributed by atoms with Crippen molar-refractivity contribution in [3.63, 3.8) is 0 Å². The van der Waals surface area contributed by atoms with Crippen molar-refractivity contribution < 1.29 is 4.79 Å². The van der Waals surface area contributed by atoms with Gasteiger partial charge >= 0.3 is 0 Å². The van der Waals surface area contributed by atoms with Crippen molar-refractivity contribution in [2.75, 3.05) is 37.6 Å². The van der Waals surface area contributed by atoms with E-state index in [4.69, 9.17) is 0 Å². The Bertz CT molecular complexity index is 543. The standard InChI is InChI=1S/C17H26N4OS/c1-13(22)20-8-4-16-14(11-20)10-15(12-19-6-2-3-7-19)21(16)17-18-5-9-23-17/h5,9,14-16H,2-4,6-8,10-12H2,1H3/t14-,15+,16+/m0/s1. The minimum atomic E-state index is 0.229. The van der Waals surface area contributed by atoms with Gasteiger partial charge in [0.15, 0.2) is 5.13 Å². The zero-order chi connectivity index (χ0) is 15.8. The first kappa shape index (κ1) is 15.4. The van der Waals surface area contributed by atoms with E-state index < -0.39 is 0 Å². The van der Waals surface area contributed by atoms with E-state index in [0.717, 1.165) is 26.1 Å². The fraction of sp³-hybridized carbons (Fsp3) is 0.765. The Hall–Kier alpha value is -1.14. The molecule has 1 amide bonds. The van der Waals surface area contributed by atoms with E-state index in [1.54, 1.807) is 18.3 Å².